The van der Waals surface area contributed by atoms with Gasteiger partial charge in [0, 0.05) is 16.7 Å². The van der Waals surface area contributed by atoms with E-state index in [1.54, 1.807) is 0 Å². The Balaban J connectivity index is 2.45. The van der Waals surface area contributed by atoms with Crippen molar-refractivity contribution in [2.45, 2.75) is 51.5 Å². The quantitative estimate of drug-likeness (QED) is 0.672. The summed E-state index contributed by atoms with van der Waals surface area (Å²) in [6.45, 7) is 9.99. The highest BCUT2D eigenvalue weighted by Gasteiger charge is 2.05. The maximum Gasteiger partial charge on any atom is 0.0291 e. The van der Waals surface area contributed by atoms with Crippen LogP contribution >= 0.6 is 11.8 Å². The van der Waals surface area contributed by atoms with E-state index in [0.29, 0.717) is 6.04 Å². The van der Waals surface area contributed by atoms with Crippen molar-refractivity contribution in [1.29, 1.82) is 0 Å². The summed E-state index contributed by atoms with van der Waals surface area (Å²) >= 11 is 1.98. The van der Waals surface area contributed by atoms with E-state index < -0.39 is 0 Å². The van der Waals surface area contributed by atoms with Crippen LogP contribution in [0, 0.1) is 5.92 Å². The van der Waals surface area contributed by atoms with Gasteiger partial charge >= 0.3 is 0 Å². The molecule has 0 heterocycles. The first-order valence-electron chi connectivity index (χ1n) is 7.13. The van der Waals surface area contributed by atoms with Crippen LogP contribution in [0.3, 0.4) is 0 Å². The molecule has 1 rings (SSSR count). The fourth-order valence-electron chi connectivity index (χ4n) is 2.09. The number of thioether (sulfide) groups is 1. The van der Waals surface area contributed by atoms with Gasteiger partial charge in [-0.1, -0.05) is 45.7 Å². The lowest BCUT2D eigenvalue weighted by atomic mass is 10.1. The zero-order chi connectivity index (χ0) is 13.4. The highest BCUT2D eigenvalue weighted by Crippen LogP contribution is 2.24. The smallest absolute Gasteiger partial charge is 0.0291 e. The Kier molecular flexibility index (Phi) is 7.45. The molecule has 1 aromatic carbocycles. The normalized spacial score (nSPS) is 14.4. The largest absolute Gasteiger partial charge is 0.310 e. The van der Waals surface area contributed by atoms with Gasteiger partial charge in [0.05, 0.1) is 0 Å². The topological polar surface area (TPSA) is 12.0 Å². The van der Waals surface area contributed by atoms with Gasteiger partial charge in [0.25, 0.3) is 0 Å². The van der Waals surface area contributed by atoms with Gasteiger partial charge in [0.1, 0.15) is 0 Å². The third-order valence-corrected chi connectivity index (χ3v) is 4.55. The molecule has 0 aliphatic carbocycles. The van der Waals surface area contributed by atoms with Crippen LogP contribution in [0.25, 0.3) is 0 Å². The van der Waals surface area contributed by atoms with Crippen LogP contribution in [0.2, 0.25) is 0 Å². The minimum absolute atomic E-state index is 0.452. The second-order valence-corrected chi connectivity index (χ2v) is 6.15. The van der Waals surface area contributed by atoms with Crippen molar-refractivity contribution in [1.82, 2.24) is 5.32 Å². The van der Waals surface area contributed by atoms with Gasteiger partial charge in [-0.15, -0.1) is 11.8 Å². The first-order valence-corrected chi connectivity index (χ1v) is 8.12. The molecule has 102 valence electrons. The van der Waals surface area contributed by atoms with Crippen molar-refractivity contribution in [3.63, 3.8) is 0 Å². The molecular weight excluding hydrogens is 238 g/mol. The molecule has 0 spiro atoms. The summed E-state index contributed by atoms with van der Waals surface area (Å²) in [6, 6.07) is 9.47. The molecule has 2 atom stereocenters. The molecule has 0 fully saturated rings. The summed E-state index contributed by atoms with van der Waals surface area (Å²) in [4.78, 5) is 1.39. The minimum Gasteiger partial charge on any atom is -0.310 e. The Labute approximate surface area is 117 Å². The van der Waals surface area contributed by atoms with Crippen molar-refractivity contribution < 1.29 is 0 Å². The first-order chi connectivity index (χ1) is 8.67. The zero-order valence-electron chi connectivity index (χ0n) is 12.2. The van der Waals surface area contributed by atoms with E-state index in [1.807, 2.05) is 11.8 Å². The van der Waals surface area contributed by atoms with Crippen LogP contribution < -0.4 is 5.32 Å². The summed E-state index contributed by atoms with van der Waals surface area (Å²) in [5, 5.41) is 3.44. The molecule has 0 aliphatic heterocycles. The molecule has 2 heteroatoms. The molecule has 1 aromatic rings. The molecule has 0 bridgehead atoms. The van der Waals surface area contributed by atoms with Gasteiger partial charge in [0.15, 0.2) is 0 Å². The van der Waals surface area contributed by atoms with E-state index in [-0.39, 0.29) is 0 Å². The summed E-state index contributed by atoms with van der Waals surface area (Å²) in [6.07, 6.45) is 2.63. The molecule has 0 radical (unpaired) electrons. The molecule has 1 N–H and O–H groups in total. The predicted octanol–water partition coefficient (Wildman–Crippen LogP) is 4.89. The molecule has 0 saturated carbocycles. The Morgan fingerprint density at radius 2 is 1.78 bits per heavy atom. The third-order valence-electron chi connectivity index (χ3n) is 3.21. The number of benzene rings is 1. The number of hydrogen-bond acceptors (Lipinski definition) is 2. The Bertz CT molecular complexity index is 320. The molecule has 0 aliphatic rings. The van der Waals surface area contributed by atoms with Crippen molar-refractivity contribution in [2.75, 3.05) is 12.3 Å². The monoisotopic (exact) mass is 265 g/mol. The van der Waals surface area contributed by atoms with Crippen LogP contribution in [0.5, 0.6) is 0 Å². The average Bonchev–Trinajstić information content (AvgIpc) is 2.37. The van der Waals surface area contributed by atoms with Crippen LogP contribution in [-0.4, -0.2) is 12.3 Å². The Morgan fingerprint density at radius 1 is 1.11 bits per heavy atom. The van der Waals surface area contributed by atoms with Crippen molar-refractivity contribution in [3.8, 4) is 0 Å². The van der Waals surface area contributed by atoms with E-state index in [9.17, 15) is 0 Å². The molecule has 2 unspecified atom stereocenters. The molecule has 0 amide bonds. The van der Waals surface area contributed by atoms with E-state index >= 15 is 0 Å². The van der Waals surface area contributed by atoms with E-state index in [0.717, 1.165) is 12.5 Å². The fourth-order valence-corrected chi connectivity index (χ4v) is 3.06. The summed E-state index contributed by atoms with van der Waals surface area (Å²) in [7, 11) is 0. The summed E-state index contributed by atoms with van der Waals surface area (Å²) in [5.74, 6) is 2.05. The van der Waals surface area contributed by atoms with Gasteiger partial charge in [-0.2, -0.15) is 0 Å². The lowest BCUT2D eigenvalue weighted by Gasteiger charge is -2.13. The van der Waals surface area contributed by atoms with Crippen LogP contribution in [0.1, 0.15) is 52.1 Å². The highest BCUT2D eigenvalue weighted by molar-refractivity contribution is 7.99. The minimum atomic E-state index is 0.452. The first kappa shape index (κ1) is 15.6. The Morgan fingerprint density at radius 3 is 2.33 bits per heavy atom. The second kappa shape index (κ2) is 8.60. The molecule has 18 heavy (non-hydrogen) atoms. The molecule has 0 saturated heterocycles. The predicted molar refractivity (Wildman–Crippen MR) is 83.3 cm³/mol. The zero-order valence-corrected chi connectivity index (χ0v) is 13.0. The van der Waals surface area contributed by atoms with Gasteiger partial charge in [-0.25, -0.2) is 0 Å². The van der Waals surface area contributed by atoms with Crippen LogP contribution in [0.15, 0.2) is 29.2 Å². The van der Waals surface area contributed by atoms with Crippen molar-refractivity contribution >= 4 is 11.8 Å². The van der Waals surface area contributed by atoms with Gasteiger partial charge < -0.3 is 5.32 Å². The van der Waals surface area contributed by atoms with E-state index in [2.05, 4.69) is 57.3 Å². The van der Waals surface area contributed by atoms with E-state index in [4.69, 9.17) is 0 Å². The number of nitrogens with one attached hydrogen (secondary N) is 1. The van der Waals surface area contributed by atoms with Crippen LogP contribution in [-0.2, 0) is 0 Å². The molecule has 0 aromatic heterocycles. The van der Waals surface area contributed by atoms with Gasteiger partial charge in [-0.05, 0) is 37.1 Å². The highest BCUT2D eigenvalue weighted by atomic mass is 32.2. The third kappa shape index (κ3) is 5.45. The van der Waals surface area contributed by atoms with Crippen molar-refractivity contribution in [3.05, 3.63) is 29.8 Å². The number of rotatable bonds is 8. The summed E-state index contributed by atoms with van der Waals surface area (Å²) in [5.41, 5.74) is 1.38. The molecular formula is C16H27NS. The Hall–Kier alpha value is -0.470. The lowest BCUT2D eigenvalue weighted by Crippen LogP contribution is -2.17. The second-order valence-electron chi connectivity index (χ2n) is 5.05. The maximum absolute atomic E-state index is 3.44. The fraction of sp³-hybridized carbons (Fsp3) is 0.625. The maximum atomic E-state index is 3.44. The summed E-state index contributed by atoms with van der Waals surface area (Å²) < 4.78 is 0. The van der Waals surface area contributed by atoms with Crippen LogP contribution in [0.4, 0.5) is 0 Å². The van der Waals surface area contributed by atoms with Gasteiger partial charge in [0.2, 0.25) is 0 Å². The SMILES string of the molecule is CCCC(C)CSc1ccc(C(C)NCC)cc1. The number of hydrogen-bond donors (Lipinski definition) is 1. The standard InChI is InChI=1S/C16H27NS/c1-5-7-13(3)12-18-16-10-8-15(9-11-16)14(4)17-6-2/h8-11,13-14,17H,5-7,12H2,1-4H3. The lowest BCUT2D eigenvalue weighted by molar-refractivity contribution is 0.585. The molecule has 1 nitrogen and oxygen atoms in total. The van der Waals surface area contributed by atoms with Crippen molar-refractivity contribution in [2.24, 2.45) is 5.92 Å². The average molecular weight is 265 g/mol. The van der Waals surface area contributed by atoms with Gasteiger partial charge in [-0.3, -0.25) is 0 Å². The van der Waals surface area contributed by atoms with E-state index in [1.165, 1.54) is 29.1 Å².